The molecule has 2 atom stereocenters. The smallest absolute Gasteiger partial charge is 0.261 e. The minimum absolute atomic E-state index is 0.00606. The average Bonchev–Trinajstić information content (AvgIpc) is 3.17. The fourth-order valence-corrected chi connectivity index (χ4v) is 3.60. The van der Waals surface area contributed by atoms with Crippen molar-refractivity contribution >= 4 is 16.8 Å². The molecular formula is C24H23FN4O3. The van der Waals surface area contributed by atoms with Crippen LogP contribution >= 0.6 is 0 Å². The zero-order chi connectivity index (χ0) is 22.7. The van der Waals surface area contributed by atoms with Crippen LogP contribution < -0.4 is 15.6 Å². The molecule has 1 amide bonds. The topological polar surface area (TPSA) is 99.9 Å². The molecule has 0 aliphatic rings. The van der Waals surface area contributed by atoms with Crippen LogP contribution in [-0.4, -0.2) is 27.0 Å². The molecule has 2 heterocycles. The van der Waals surface area contributed by atoms with Crippen LogP contribution in [0.15, 0.2) is 65.6 Å². The minimum atomic E-state index is -0.958. The monoisotopic (exact) mass is 434 g/mol. The van der Waals surface area contributed by atoms with Gasteiger partial charge < -0.3 is 20.0 Å². The summed E-state index contributed by atoms with van der Waals surface area (Å²) < 4.78 is 19.4. The Morgan fingerprint density at radius 2 is 1.94 bits per heavy atom. The molecule has 0 fully saturated rings. The molecule has 0 aliphatic carbocycles. The SMILES string of the molecule is Cc1nc([C@H](Cc2c[nH]c3ccccc23)NC(=O)[C@H](C)Oc2ccccc2F)cc(=O)[nH]1. The lowest BCUT2D eigenvalue weighted by Crippen LogP contribution is -2.40. The largest absolute Gasteiger partial charge is 0.478 e. The van der Waals surface area contributed by atoms with Crippen LogP contribution in [0.1, 0.15) is 30.0 Å². The van der Waals surface area contributed by atoms with Gasteiger partial charge in [0, 0.05) is 29.6 Å². The second-order valence-electron chi connectivity index (χ2n) is 7.57. The molecule has 3 N–H and O–H groups in total. The maximum Gasteiger partial charge on any atom is 0.261 e. The van der Waals surface area contributed by atoms with Gasteiger partial charge in [0.15, 0.2) is 17.7 Å². The molecule has 0 saturated carbocycles. The summed E-state index contributed by atoms with van der Waals surface area (Å²) in [5.74, 6) is -0.554. The minimum Gasteiger partial charge on any atom is -0.478 e. The van der Waals surface area contributed by atoms with Gasteiger partial charge in [-0.2, -0.15) is 0 Å². The molecule has 0 spiro atoms. The number of hydrogen-bond acceptors (Lipinski definition) is 4. The summed E-state index contributed by atoms with van der Waals surface area (Å²) in [5.41, 5.74) is 2.07. The number of aromatic amines is 2. The third kappa shape index (κ3) is 4.69. The molecule has 8 heteroatoms. The molecule has 7 nitrogen and oxygen atoms in total. The van der Waals surface area contributed by atoms with E-state index in [4.69, 9.17) is 4.74 Å². The summed E-state index contributed by atoms with van der Waals surface area (Å²) in [5, 5.41) is 3.93. The van der Waals surface area contributed by atoms with Gasteiger partial charge in [-0.05, 0) is 37.6 Å². The highest BCUT2D eigenvalue weighted by Gasteiger charge is 2.24. The summed E-state index contributed by atoms with van der Waals surface area (Å²) in [6.07, 6.45) is 1.32. The van der Waals surface area contributed by atoms with Crippen molar-refractivity contribution in [2.45, 2.75) is 32.4 Å². The molecule has 0 aliphatic heterocycles. The van der Waals surface area contributed by atoms with Crippen LogP contribution in [0.2, 0.25) is 0 Å². The predicted octanol–water partition coefficient (Wildman–Crippen LogP) is 3.57. The Hall–Kier alpha value is -3.94. The third-order valence-corrected chi connectivity index (χ3v) is 5.16. The van der Waals surface area contributed by atoms with E-state index in [-0.39, 0.29) is 11.3 Å². The summed E-state index contributed by atoms with van der Waals surface area (Å²) in [6, 6.07) is 14.5. The van der Waals surface area contributed by atoms with Crippen LogP contribution in [0.5, 0.6) is 5.75 Å². The highest BCUT2D eigenvalue weighted by molar-refractivity contribution is 5.84. The third-order valence-electron chi connectivity index (χ3n) is 5.16. The highest BCUT2D eigenvalue weighted by Crippen LogP contribution is 2.24. The van der Waals surface area contributed by atoms with Crippen molar-refractivity contribution in [3.8, 4) is 5.75 Å². The van der Waals surface area contributed by atoms with Crippen LogP contribution in [-0.2, 0) is 11.2 Å². The van der Waals surface area contributed by atoms with Crippen LogP contribution in [0.25, 0.3) is 10.9 Å². The summed E-state index contributed by atoms with van der Waals surface area (Å²) in [7, 11) is 0. The molecule has 2 aromatic heterocycles. The summed E-state index contributed by atoms with van der Waals surface area (Å²) >= 11 is 0. The lowest BCUT2D eigenvalue weighted by Gasteiger charge is -2.21. The second-order valence-corrected chi connectivity index (χ2v) is 7.57. The van der Waals surface area contributed by atoms with E-state index in [1.54, 1.807) is 26.0 Å². The number of carbonyl (C=O) groups excluding carboxylic acids is 1. The molecular weight excluding hydrogens is 411 g/mol. The molecule has 4 aromatic rings. The summed E-state index contributed by atoms with van der Waals surface area (Å²) in [6.45, 7) is 3.22. The van der Waals surface area contributed by atoms with Gasteiger partial charge >= 0.3 is 0 Å². The van der Waals surface area contributed by atoms with Gasteiger partial charge in [0.25, 0.3) is 11.5 Å². The van der Waals surface area contributed by atoms with Crippen LogP contribution in [0, 0.1) is 12.7 Å². The normalized spacial score (nSPS) is 13.0. The zero-order valence-corrected chi connectivity index (χ0v) is 17.7. The molecule has 2 aromatic carbocycles. The standard InChI is InChI=1S/C24H23FN4O3/c1-14(32-22-10-6-4-8-18(22)25)24(31)29-20(21-12-23(30)28-15(2)27-21)11-16-13-26-19-9-5-3-7-17(16)19/h3-10,12-14,20,26H,11H2,1-2H3,(H,29,31)(H,27,28,30)/t14-,20-/m0/s1. The number of nitrogens with one attached hydrogen (secondary N) is 3. The van der Waals surface area contributed by atoms with Gasteiger partial charge in [-0.15, -0.1) is 0 Å². The van der Waals surface area contributed by atoms with Gasteiger partial charge in [-0.3, -0.25) is 9.59 Å². The number of fused-ring (bicyclic) bond motifs is 1. The first kappa shape index (κ1) is 21.3. The fraction of sp³-hybridized carbons (Fsp3) is 0.208. The van der Waals surface area contributed by atoms with Crippen LogP contribution in [0.4, 0.5) is 4.39 Å². The lowest BCUT2D eigenvalue weighted by molar-refractivity contribution is -0.128. The Kier molecular flexibility index (Phi) is 6.02. The molecule has 0 radical (unpaired) electrons. The van der Waals surface area contributed by atoms with Gasteiger partial charge in [0.1, 0.15) is 5.82 Å². The van der Waals surface area contributed by atoms with E-state index < -0.39 is 23.9 Å². The molecule has 164 valence electrons. The Labute approximate surface area is 183 Å². The number of H-pyrrole nitrogens is 2. The molecule has 0 unspecified atom stereocenters. The highest BCUT2D eigenvalue weighted by atomic mass is 19.1. The first-order valence-corrected chi connectivity index (χ1v) is 10.2. The second kappa shape index (κ2) is 9.05. The van der Waals surface area contributed by atoms with Crippen molar-refractivity contribution in [1.82, 2.24) is 20.3 Å². The molecule has 4 rings (SSSR count). The van der Waals surface area contributed by atoms with Crippen LogP contribution in [0.3, 0.4) is 0 Å². The van der Waals surface area contributed by atoms with Crippen molar-refractivity contribution < 1.29 is 13.9 Å². The van der Waals surface area contributed by atoms with E-state index >= 15 is 0 Å². The van der Waals surface area contributed by atoms with Crippen molar-refractivity contribution in [3.63, 3.8) is 0 Å². The number of halogens is 1. The number of benzene rings is 2. The number of para-hydroxylation sites is 2. The van der Waals surface area contributed by atoms with E-state index in [0.29, 0.717) is 17.9 Å². The fourth-order valence-electron chi connectivity index (χ4n) is 3.60. The maximum atomic E-state index is 13.9. The van der Waals surface area contributed by atoms with E-state index in [1.807, 2.05) is 30.5 Å². The predicted molar refractivity (Wildman–Crippen MR) is 119 cm³/mol. The Morgan fingerprint density at radius 1 is 1.19 bits per heavy atom. The van der Waals surface area contributed by atoms with Gasteiger partial charge in [0.05, 0.1) is 11.7 Å². The molecule has 32 heavy (non-hydrogen) atoms. The van der Waals surface area contributed by atoms with Crippen molar-refractivity contribution in [1.29, 1.82) is 0 Å². The van der Waals surface area contributed by atoms with Crippen molar-refractivity contribution in [2.24, 2.45) is 0 Å². The number of hydrogen-bond donors (Lipinski definition) is 3. The van der Waals surface area contributed by atoms with Crippen molar-refractivity contribution in [2.75, 3.05) is 0 Å². The number of ether oxygens (including phenoxy) is 1. The number of rotatable bonds is 7. The Morgan fingerprint density at radius 3 is 2.72 bits per heavy atom. The lowest BCUT2D eigenvalue weighted by atomic mass is 10.0. The van der Waals surface area contributed by atoms with E-state index in [0.717, 1.165) is 16.5 Å². The van der Waals surface area contributed by atoms with E-state index in [9.17, 15) is 14.0 Å². The van der Waals surface area contributed by atoms with E-state index in [1.165, 1.54) is 18.2 Å². The molecule has 0 bridgehead atoms. The number of aryl methyl sites for hydroxylation is 1. The zero-order valence-electron chi connectivity index (χ0n) is 17.7. The van der Waals surface area contributed by atoms with Crippen molar-refractivity contribution in [3.05, 3.63) is 94.0 Å². The number of carbonyl (C=O) groups is 1. The van der Waals surface area contributed by atoms with Gasteiger partial charge in [-0.1, -0.05) is 30.3 Å². The number of aromatic nitrogens is 3. The Balaban J connectivity index is 1.60. The maximum absolute atomic E-state index is 13.9. The first-order valence-electron chi connectivity index (χ1n) is 10.2. The Bertz CT molecular complexity index is 1310. The van der Waals surface area contributed by atoms with E-state index in [2.05, 4.69) is 20.3 Å². The van der Waals surface area contributed by atoms with Gasteiger partial charge in [-0.25, -0.2) is 9.37 Å². The number of amides is 1. The summed E-state index contributed by atoms with van der Waals surface area (Å²) in [4.78, 5) is 35.2. The quantitative estimate of drug-likeness (QED) is 0.414. The molecule has 0 saturated heterocycles. The average molecular weight is 434 g/mol. The first-order chi connectivity index (χ1) is 15.4. The van der Waals surface area contributed by atoms with Gasteiger partial charge in [0.2, 0.25) is 0 Å². The number of nitrogens with zero attached hydrogens (tertiary/aromatic N) is 1.